The van der Waals surface area contributed by atoms with Crippen molar-refractivity contribution in [1.29, 1.82) is 0 Å². The van der Waals surface area contributed by atoms with Crippen LogP contribution in [0.5, 0.6) is 11.6 Å². The summed E-state index contributed by atoms with van der Waals surface area (Å²) in [7, 11) is 0. The molecule has 0 radical (unpaired) electrons. The first kappa shape index (κ1) is 10.9. The Morgan fingerprint density at radius 1 is 1.35 bits per heavy atom. The number of benzene rings is 1. The average Bonchev–Trinajstić information content (AvgIpc) is 2.29. The molecule has 2 aromatic rings. The van der Waals surface area contributed by atoms with Crippen LogP contribution in [0, 0.1) is 16.2 Å². The normalized spacial score (nSPS) is 9.94. The predicted octanol–water partition coefficient (Wildman–Crippen LogP) is 2.32. The van der Waals surface area contributed by atoms with E-state index in [0.717, 1.165) is 0 Å². The van der Waals surface area contributed by atoms with Gasteiger partial charge in [-0.15, -0.1) is 0 Å². The van der Waals surface area contributed by atoms with E-state index in [0.29, 0.717) is 0 Å². The van der Waals surface area contributed by atoms with E-state index in [2.05, 4.69) is 9.97 Å². The van der Waals surface area contributed by atoms with E-state index in [9.17, 15) is 14.5 Å². The van der Waals surface area contributed by atoms with Crippen LogP contribution < -0.4 is 4.74 Å². The number of hydrogen-bond acceptors (Lipinski definition) is 5. The molecule has 0 aliphatic carbocycles. The highest BCUT2D eigenvalue weighted by molar-refractivity contribution is 5.39. The molecule has 0 aliphatic heterocycles. The molecule has 0 unspecified atom stereocenters. The molecule has 0 saturated heterocycles. The standard InChI is InChI=1S/C10H6FN3O3/c11-10-12-5-4-9(13-10)17-8-3-1-2-7(6-8)14(15)16/h1-6H. The van der Waals surface area contributed by atoms with Gasteiger partial charge in [-0.25, -0.2) is 4.98 Å². The van der Waals surface area contributed by atoms with Crippen LogP contribution in [0.3, 0.4) is 0 Å². The van der Waals surface area contributed by atoms with Crippen molar-refractivity contribution in [1.82, 2.24) is 9.97 Å². The Morgan fingerprint density at radius 3 is 2.88 bits per heavy atom. The zero-order valence-corrected chi connectivity index (χ0v) is 8.41. The number of halogens is 1. The molecule has 86 valence electrons. The zero-order chi connectivity index (χ0) is 12.3. The molecule has 0 aliphatic rings. The van der Waals surface area contributed by atoms with Gasteiger partial charge in [0.15, 0.2) is 0 Å². The first-order valence-corrected chi connectivity index (χ1v) is 4.56. The second-order valence-corrected chi connectivity index (χ2v) is 3.02. The average molecular weight is 235 g/mol. The SMILES string of the molecule is O=[N+]([O-])c1cccc(Oc2ccnc(F)n2)c1. The van der Waals surface area contributed by atoms with Crippen LogP contribution in [0.2, 0.25) is 0 Å². The van der Waals surface area contributed by atoms with Crippen molar-refractivity contribution in [3.8, 4) is 11.6 Å². The largest absolute Gasteiger partial charge is 0.439 e. The topological polar surface area (TPSA) is 78.2 Å². The fraction of sp³-hybridized carbons (Fsp3) is 0. The Hall–Kier alpha value is -2.57. The Bertz CT molecular complexity index is 562. The first-order valence-electron chi connectivity index (χ1n) is 4.56. The maximum atomic E-state index is 12.7. The van der Waals surface area contributed by atoms with Crippen LogP contribution in [0.1, 0.15) is 0 Å². The van der Waals surface area contributed by atoms with Gasteiger partial charge in [0, 0.05) is 18.3 Å². The summed E-state index contributed by atoms with van der Waals surface area (Å²) in [6.45, 7) is 0. The summed E-state index contributed by atoms with van der Waals surface area (Å²) < 4.78 is 17.8. The van der Waals surface area contributed by atoms with Crippen LogP contribution in [0.4, 0.5) is 10.1 Å². The van der Waals surface area contributed by atoms with Gasteiger partial charge in [-0.05, 0) is 6.07 Å². The number of rotatable bonds is 3. The van der Waals surface area contributed by atoms with Gasteiger partial charge in [-0.3, -0.25) is 10.1 Å². The zero-order valence-electron chi connectivity index (χ0n) is 8.41. The Kier molecular flexibility index (Phi) is 2.91. The Labute approximate surface area is 94.9 Å². The van der Waals surface area contributed by atoms with E-state index in [1.54, 1.807) is 0 Å². The molecule has 0 saturated carbocycles. The van der Waals surface area contributed by atoms with Gasteiger partial charge < -0.3 is 4.74 Å². The lowest BCUT2D eigenvalue weighted by atomic mass is 10.3. The van der Waals surface area contributed by atoms with Crippen LogP contribution in [0.25, 0.3) is 0 Å². The van der Waals surface area contributed by atoms with Gasteiger partial charge >= 0.3 is 6.08 Å². The van der Waals surface area contributed by atoms with Crippen LogP contribution >= 0.6 is 0 Å². The second-order valence-electron chi connectivity index (χ2n) is 3.02. The van der Waals surface area contributed by atoms with Gasteiger partial charge in [-0.2, -0.15) is 9.37 Å². The molecule has 1 aromatic carbocycles. The lowest BCUT2D eigenvalue weighted by molar-refractivity contribution is -0.384. The number of hydrogen-bond donors (Lipinski definition) is 0. The van der Waals surface area contributed by atoms with Gasteiger partial charge in [0.25, 0.3) is 5.69 Å². The number of nitrogens with zero attached hydrogens (tertiary/aromatic N) is 3. The van der Waals surface area contributed by atoms with Gasteiger partial charge in [0.05, 0.1) is 11.0 Å². The molecule has 1 heterocycles. The van der Waals surface area contributed by atoms with Crippen molar-refractivity contribution in [2.24, 2.45) is 0 Å². The third-order valence-corrected chi connectivity index (χ3v) is 1.85. The summed E-state index contributed by atoms with van der Waals surface area (Å²) in [5.41, 5.74) is -0.114. The van der Waals surface area contributed by atoms with E-state index in [-0.39, 0.29) is 17.3 Å². The summed E-state index contributed by atoms with van der Waals surface area (Å²) in [4.78, 5) is 16.6. The quantitative estimate of drug-likeness (QED) is 0.463. The predicted molar refractivity (Wildman–Crippen MR) is 55.2 cm³/mol. The molecule has 0 atom stereocenters. The smallest absolute Gasteiger partial charge is 0.311 e. The molecule has 0 fully saturated rings. The highest BCUT2D eigenvalue weighted by atomic mass is 19.1. The lowest BCUT2D eigenvalue weighted by Gasteiger charge is -2.03. The molecule has 17 heavy (non-hydrogen) atoms. The van der Waals surface area contributed by atoms with Crippen molar-refractivity contribution >= 4 is 5.69 Å². The third-order valence-electron chi connectivity index (χ3n) is 1.85. The summed E-state index contributed by atoms with van der Waals surface area (Å²) >= 11 is 0. The fourth-order valence-electron chi connectivity index (χ4n) is 1.16. The van der Waals surface area contributed by atoms with E-state index >= 15 is 0 Å². The molecule has 2 rings (SSSR count). The minimum atomic E-state index is -0.923. The van der Waals surface area contributed by atoms with Crippen LogP contribution in [-0.4, -0.2) is 14.9 Å². The third kappa shape index (κ3) is 2.71. The Morgan fingerprint density at radius 2 is 2.18 bits per heavy atom. The molecule has 7 heteroatoms. The van der Waals surface area contributed by atoms with Crippen molar-refractivity contribution in [3.63, 3.8) is 0 Å². The number of nitro groups is 1. The molecule has 0 bridgehead atoms. The highest BCUT2D eigenvalue weighted by Crippen LogP contribution is 2.23. The van der Waals surface area contributed by atoms with Crippen LogP contribution in [-0.2, 0) is 0 Å². The van der Waals surface area contributed by atoms with Crippen molar-refractivity contribution in [3.05, 3.63) is 52.7 Å². The summed E-state index contributed by atoms with van der Waals surface area (Å²) in [5, 5.41) is 10.5. The number of ether oxygens (including phenoxy) is 1. The van der Waals surface area contributed by atoms with E-state index in [1.807, 2.05) is 0 Å². The first-order chi connectivity index (χ1) is 8.15. The Balaban J connectivity index is 2.24. The minimum Gasteiger partial charge on any atom is -0.439 e. The summed E-state index contributed by atoms with van der Waals surface area (Å²) in [6, 6.07) is 6.87. The molecule has 6 nitrogen and oxygen atoms in total. The number of nitro benzene ring substituents is 1. The lowest BCUT2D eigenvalue weighted by Crippen LogP contribution is -1.93. The van der Waals surface area contributed by atoms with Gasteiger partial charge in [0.1, 0.15) is 5.75 Å². The van der Waals surface area contributed by atoms with Crippen LogP contribution in [0.15, 0.2) is 36.5 Å². The maximum Gasteiger partial charge on any atom is 0.311 e. The van der Waals surface area contributed by atoms with Crippen molar-refractivity contribution < 1.29 is 14.1 Å². The van der Waals surface area contributed by atoms with E-state index < -0.39 is 11.0 Å². The van der Waals surface area contributed by atoms with E-state index in [1.165, 1.54) is 36.5 Å². The molecule has 1 aromatic heterocycles. The summed E-state index contributed by atoms with van der Waals surface area (Å²) in [5.74, 6) is 0.190. The fourth-order valence-corrected chi connectivity index (χ4v) is 1.16. The highest BCUT2D eigenvalue weighted by Gasteiger charge is 2.07. The number of aromatic nitrogens is 2. The molecule has 0 spiro atoms. The second kappa shape index (κ2) is 4.52. The molecular formula is C10H6FN3O3. The molecule has 0 N–H and O–H groups in total. The number of non-ortho nitro benzene ring substituents is 1. The van der Waals surface area contributed by atoms with Gasteiger partial charge in [0.2, 0.25) is 5.88 Å². The van der Waals surface area contributed by atoms with E-state index in [4.69, 9.17) is 4.74 Å². The molecule has 0 amide bonds. The monoisotopic (exact) mass is 235 g/mol. The van der Waals surface area contributed by atoms with Crippen molar-refractivity contribution in [2.75, 3.05) is 0 Å². The van der Waals surface area contributed by atoms with Gasteiger partial charge in [-0.1, -0.05) is 6.07 Å². The maximum absolute atomic E-state index is 12.7. The minimum absolute atomic E-state index is 0.0157. The van der Waals surface area contributed by atoms with Crippen molar-refractivity contribution in [2.45, 2.75) is 0 Å². The summed E-state index contributed by atoms with van der Waals surface area (Å²) in [6.07, 6.45) is 0.266. The molecular weight excluding hydrogens is 229 g/mol.